The summed E-state index contributed by atoms with van der Waals surface area (Å²) in [5.74, 6) is 0. The Morgan fingerprint density at radius 1 is 1.05 bits per heavy atom. The van der Waals surface area contributed by atoms with Crippen LogP contribution in [0.3, 0.4) is 0 Å². The summed E-state index contributed by atoms with van der Waals surface area (Å²) in [6.45, 7) is 4.26. The fourth-order valence-corrected chi connectivity index (χ4v) is 3.13. The molecule has 1 atom stereocenters. The lowest BCUT2D eigenvalue weighted by atomic mass is 10.0. The van der Waals surface area contributed by atoms with E-state index < -0.39 is 0 Å². The van der Waals surface area contributed by atoms with Gasteiger partial charge in [-0.1, -0.05) is 57.9 Å². The Bertz CT molecular complexity index is 747. The summed E-state index contributed by atoms with van der Waals surface area (Å²) in [6, 6.07) is 16.7. The summed E-state index contributed by atoms with van der Waals surface area (Å²) in [5.41, 5.74) is 6.09. The van der Waals surface area contributed by atoms with Gasteiger partial charge in [0.25, 0.3) is 0 Å². The van der Waals surface area contributed by atoms with E-state index in [0.717, 1.165) is 11.3 Å². The van der Waals surface area contributed by atoms with E-state index in [1.165, 1.54) is 16.7 Å². The van der Waals surface area contributed by atoms with E-state index in [1.807, 2.05) is 29.1 Å². The highest BCUT2D eigenvalue weighted by Gasteiger charge is 2.15. The van der Waals surface area contributed by atoms with Crippen LogP contribution in [0.1, 0.15) is 27.1 Å². The summed E-state index contributed by atoms with van der Waals surface area (Å²) >= 11 is 3.81. The van der Waals surface area contributed by atoms with Gasteiger partial charge in [0.05, 0.1) is 16.7 Å². The zero-order valence-corrected chi connectivity index (χ0v) is 13.7. The van der Waals surface area contributed by atoms with Crippen molar-refractivity contribution in [2.24, 2.45) is 0 Å². The van der Waals surface area contributed by atoms with Crippen LogP contribution >= 0.6 is 15.9 Å². The molecule has 1 unspecified atom stereocenters. The average molecular weight is 341 g/mol. The third-order valence-corrected chi connectivity index (χ3v) is 4.65. The number of nitrogens with zero attached hydrogens (tertiary/aromatic N) is 2. The third-order valence-electron chi connectivity index (χ3n) is 3.62. The molecule has 3 aromatic rings. The maximum absolute atomic E-state index is 4.47. The Hall–Kier alpha value is -1.87. The molecule has 106 valence electrons. The minimum absolute atomic E-state index is 0.162. The Kier molecular flexibility index (Phi) is 3.93. The zero-order valence-electron chi connectivity index (χ0n) is 12.1. The van der Waals surface area contributed by atoms with Gasteiger partial charge >= 0.3 is 0 Å². The van der Waals surface area contributed by atoms with Gasteiger partial charge in [0.2, 0.25) is 0 Å². The Morgan fingerprint density at radius 3 is 2.57 bits per heavy atom. The van der Waals surface area contributed by atoms with E-state index in [2.05, 4.69) is 71.4 Å². The van der Waals surface area contributed by atoms with Crippen LogP contribution in [0.2, 0.25) is 0 Å². The molecule has 0 spiro atoms. The van der Waals surface area contributed by atoms with Gasteiger partial charge in [-0.3, -0.25) is 0 Å². The smallest absolute Gasteiger partial charge is 0.0678 e. The van der Waals surface area contributed by atoms with Crippen LogP contribution in [0.15, 0.2) is 60.9 Å². The first-order valence-corrected chi connectivity index (χ1v) is 7.88. The molecule has 2 aromatic carbocycles. The maximum Gasteiger partial charge on any atom is 0.0678 e. The molecule has 0 saturated heterocycles. The summed E-state index contributed by atoms with van der Waals surface area (Å²) in [7, 11) is 0. The number of alkyl halides is 1. The first-order chi connectivity index (χ1) is 10.1. The van der Waals surface area contributed by atoms with Crippen LogP contribution in [0.25, 0.3) is 5.69 Å². The van der Waals surface area contributed by atoms with Crippen molar-refractivity contribution in [3.05, 3.63) is 83.2 Å². The van der Waals surface area contributed by atoms with Crippen molar-refractivity contribution in [3.8, 4) is 5.69 Å². The Morgan fingerprint density at radius 2 is 1.81 bits per heavy atom. The van der Waals surface area contributed by atoms with E-state index in [1.54, 1.807) is 0 Å². The van der Waals surface area contributed by atoms with Gasteiger partial charge in [0, 0.05) is 11.8 Å². The molecule has 1 aromatic heterocycles. The molecule has 21 heavy (non-hydrogen) atoms. The summed E-state index contributed by atoms with van der Waals surface area (Å²) in [5, 5.41) is 4.47. The van der Waals surface area contributed by atoms with Crippen molar-refractivity contribution < 1.29 is 0 Å². The zero-order chi connectivity index (χ0) is 14.8. The molecule has 0 saturated carbocycles. The van der Waals surface area contributed by atoms with Crippen LogP contribution in [-0.2, 0) is 0 Å². The quantitative estimate of drug-likeness (QED) is 0.615. The first kappa shape index (κ1) is 14.1. The standard InChI is InChI=1S/C18H17BrN2/c1-13-8-9-14(2)17(10-13)18(19)15-11-20-21(12-15)16-6-4-3-5-7-16/h3-12,18H,1-2H3. The van der Waals surface area contributed by atoms with E-state index in [0.29, 0.717) is 0 Å². The van der Waals surface area contributed by atoms with Gasteiger partial charge in [-0.25, -0.2) is 4.68 Å². The monoisotopic (exact) mass is 340 g/mol. The lowest BCUT2D eigenvalue weighted by molar-refractivity contribution is 0.880. The van der Waals surface area contributed by atoms with Gasteiger partial charge in [-0.05, 0) is 37.1 Å². The highest BCUT2D eigenvalue weighted by atomic mass is 79.9. The van der Waals surface area contributed by atoms with Crippen molar-refractivity contribution in [1.29, 1.82) is 0 Å². The minimum Gasteiger partial charge on any atom is -0.241 e. The molecular weight excluding hydrogens is 324 g/mol. The molecule has 0 fully saturated rings. The second-order valence-electron chi connectivity index (χ2n) is 5.28. The van der Waals surface area contributed by atoms with Crippen molar-refractivity contribution in [2.45, 2.75) is 18.7 Å². The number of hydrogen-bond acceptors (Lipinski definition) is 1. The number of rotatable bonds is 3. The highest BCUT2D eigenvalue weighted by molar-refractivity contribution is 9.09. The molecule has 3 rings (SSSR count). The molecular formula is C18H17BrN2. The van der Waals surface area contributed by atoms with Gasteiger partial charge in [0.1, 0.15) is 0 Å². The maximum atomic E-state index is 4.47. The van der Waals surface area contributed by atoms with Crippen molar-refractivity contribution in [3.63, 3.8) is 0 Å². The number of halogens is 1. The molecule has 2 nitrogen and oxygen atoms in total. The van der Waals surface area contributed by atoms with Crippen molar-refractivity contribution >= 4 is 15.9 Å². The number of para-hydroxylation sites is 1. The normalized spacial score (nSPS) is 12.3. The van der Waals surface area contributed by atoms with Crippen molar-refractivity contribution in [1.82, 2.24) is 9.78 Å². The SMILES string of the molecule is Cc1ccc(C)c(C(Br)c2cnn(-c3ccccc3)c2)c1. The molecule has 1 heterocycles. The fraction of sp³-hybridized carbons (Fsp3) is 0.167. The summed E-state index contributed by atoms with van der Waals surface area (Å²) in [4.78, 5) is 0.162. The third kappa shape index (κ3) is 2.93. The number of aryl methyl sites for hydroxylation is 2. The molecule has 0 bridgehead atoms. The number of aromatic nitrogens is 2. The van der Waals surface area contributed by atoms with E-state index >= 15 is 0 Å². The molecule has 3 heteroatoms. The Balaban J connectivity index is 1.94. The van der Waals surface area contributed by atoms with Gasteiger partial charge in [0.15, 0.2) is 0 Å². The number of hydrogen-bond donors (Lipinski definition) is 0. The van der Waals surface area contributed by atoms with Gasteiger partial charge in [-0.2, -0.15) is 5.10 Å². The highest BCUT2D eigenvalue weighted by Crippen LogP contribution is 2.33. The molecule has 0 N–H and O–H groups in total. The van der Waals surface area contributed by atoms with Crippen LogP contribution in [0.4, 0.5) is 0 Å². The van der Waals surface area contributed by atoms with Gasteiger partial charge in [-0.15, -0.1) is 0 Å². The predicted molar refractivity (Wildman–Crippen MR) is 90.3 cm³/mol. The second-order valence-corrected chi connectivity index (χ2v) is 6.19. The molecule has 0 radical (unpaired) electrons. The van der Waals surface area contributed by atoms with E-state index in [4.69, 9.17) is 0 Å². The van der Waals surface area contributed by atoms with Crippen LogP contribution in [-0.4, -0.2) is 9.78 Å². The molecule has 0 aliphatic heterocycles. The first-order valence-electron chi connectivity index (χ1n) is 6.96. The summed E-state index contributed by atoms with van der Waals surface area (Å²) < 4.78 is 1.91. The Labute approximate surface area is 133 Å². The summed E-state index contributed by atoms with van der Waals surface area (Å²) in [6.07, 6.45) is 4.00. The lowest BCUT2D eigenvalue weighted by Crippen LogP contribution is -1.96. The van der Waals surface area contributed by atoms with Crippen LogP contribution < -0.4 is 0 Å². The largest absolute Gasteiger partial charge is 0.241 e. The topological polar surface area (TPSA) is 17.8 Å². The van der Waals surface area contributed by atoms with Crippen molar-refractivity contribution in [2.75, 3.05) is 0 Å². The predicted octanol–water partition coefficient (Wildman–Crippen LogP) is 4.97. The molecule has 0 aliphatic rings. The van der Waals surface area contributed by atoms with Crippen LogP contribution in [0, 0.1) is 13.8 Å². The fourth-order valence-electron chi connectivity index (χ4n) is 2.40. The van der Waals surface area contributed by atoms with E-state index in [-0.39, 0.29) is 4.83 Å². The van der Waals surface area contributed by atoms with E-state index in [9.17, 15) is 0 Å². The molecule has 0 amide bonds. The van der Waals surface area contributed by atoms with Crippen LogP contribution in [0.5, 0.6) is 0 Å². The van der Waals surface area contributed by atoms with Gasteiger partial charge < -0.3 is 0 Å². The average Bonchev–Trinajstić information content (AvgIpc) is 3.00. The lowest BCUT2D eigenvalue weighted by Gasteiger charge is -2.12. The minimum atomic E-state index is 0.162. The molecule has 0 aliphatic carbocycles. The second kappa shape index (κ2) is 5.86. The number of benzene rings is 2.